The Morgan fingerprint density at radius 1 is 1.19 bits per heavy atom. The van der Waals surface area contributed by atoms with Crippen LogP contribution in [0.25, 0.3) is 0 Å². The highest BCUT2D eigenvalue weighted by molar-refractivity contribution is 5.85. The van der Waals surface area contributed by atoms with Crippen LogP contribution in [0.4, 0.5) is 0 Å². The van der Waals surface area contributed by atoms with Gasteiger partial charge in [-0.25, -0.2) is 5.43 Å². The maximum atomic E-state index is 5.97. The average molecular weight is 244 g/mol. The van der Waals surface area contributed by atoms with E-state index in [4.69, 9.17) is 10.5 Å². The molecule has 1 saturated heterocycles. The third kappa shape index (κ3) is 2.47. The van der Waals surface area contributed by atoms with Gasteiger partial charge in [-0.3, -0.25) is 5.43 Å². The molecule has 16 heavy (non-hydrogen) atoms. The Kier molecular flexibility index (Phi) is 4.56. The lowest BCUT2D eigenvalue weighted by Crippen LogP contribution is -2.38. The van der Waals surface area contributed by atoms with Crippen molar-refractivity contribution in [2.75, 3.05) is 7.11 Å². The molecule has 2 rings (SSSR count). The van der Waals surface area contributed by atoms with E-state index in [0.29, 0.717) is 12.0 Å². The first-order chi connectivity index (χ1) is 7.22. The molecular weight excluding hydrogens is 226 g/mol. The van der Waals surface area contributed by atoms with E-state index in [0.717, 1.165) is 5.75 Å². The number of methoxy groups -OCH3 is 1. The summed E-state index contributed by atoms with van der Waals surface area (Å²) in [5.74, 6) is 1.18. The Balaban J connectivity index is 0.00000128. The molecule has 3 unspecified atom stereocenters. The second-order valence-corrected chi connectivity index (χ2v) is 3.90. The lowest BCUT2D eigenvalue weighted by Gasteiger charge is -2.18. The van der Waals surface area contributed by atoms with Crippen molar-refractivity contribution in [3.63, 3.8) is 0 Å². The predicted molar refractivity (Wildman–Crippen MR) is 66.7 cm³/mol. The number of hydrazine groups is 1. The number of nitrogens with two attached hydrogens (primary N) is 1. The zero-order valence-corrected chi connectivity index (χ0v) is 10.3. The van der Waals surface area contributed by atoms with Crippen molar-refractivity contribution >= 4 is 12.4 Å². The lowest BCUT2D eigenvalue weighted by atomic mass is 9.92. The molecule has 0 amide bonds. The Morgan fingerprint density at radius 2 is 1.81 bits per heavy atom. The van der Waals surface area contributed by atoms with E-state index in [1.807, 2.05) is 12.1 Å². The maximum absolute atomic E-state index is 5.97. The Morgan fingerprint density at radius 3 is 2.25 bits per heavy atom. The second-order valence-electron chi connectivity index (χ2n) is 3.90. The van der Waals surface area contributed by atoms with Crippen LogP contribution >= 0.6 is 12.4 Å². The largest absolute Gasteiger partial charge is 0.497 e. The lowest BCUT2D eigenvalue weighted by molar-refractivity contribution is 0.414. The van der Waals surface area contributed by atoms with Gasteiger partial charge in [-0.15, -0.1) is 12.4 Å². The summed E-state index contributed by atoms with van der Waals surface area (Å²) in [7, 11) is 1.67. The summed E-state index contributed by atoms with van der Waals surface area (Å²) in [6, 6.07) is 8.40. The number of hydrogen-bond acceptors (Lipinski definition) is 4. The van der Waals surface area contributed by atoms with E-state index in [-0.39, 0.29) is 18.6 Å². The van der Waals surface area contributed by atoms with Crippen molar-refractivity contribution < 1.29 is 4.74 Å². The molecule has 0 radical (unpaired) electrons. The molecule has 0 aromatic heterocycles. The number of nitrogens with one attached hydrogen (secondary N) is 2. The van der Waals surface area contributed by atoms with Crippen LogP contribution in [0.2, 0.25) is 0 Å². The van der Waals surface area contributed by atoms with E-state index in [2.05, 4.69) is 29.9 Å². The Labute approximate surface area is 102 Å². The van der Waals surface area contributed by atoms with Crippen LogP contribution in [0.15, 0.2) is 24.3 Å². The summed E-state index contributed by atoms with van der Waals surface area (Å²) in [6.07, 6.45) is -0.0339. The quantitative estimate of drug-likeness (QED) is 0.725. The normalized spacial score (nSPS) is 28.6. The standard InChI is InChI=1S/C11H17N3O.ClH/c1-7-10(11(12)14-13-7)8-3-5-9(15-2)6-4-8;/h3-7,10-11,13-14H,12H2,1-2H3;1H. The molecule has 1 fully saturated rings. The van der Waals surface area contributed by atoms with E-state index >= 15 is 0 Å². The predicted octanol–water partition coefficient (Wildman–Crippen LogP) is 0.982. The Hall–Kier alpha value is -0.810. The topological polar surface area (TPSA) is 59.3 Å². The number of benzene rings is 1. The number of halogens is 1. The van der Waals surface area contributed by atoms with Crippen LogP contribution in [0.5, 0.6) is 5.75 Å². The fourth-order valence-electron chi connectivity index (χ4n) is 2.04. The van der Waals surface area contributed by atoms with Gasteiger partial charge in [-0.2, -0.15) is 0 Å². The molecule has 0 bridgehead atoms. The van der Waals surface area contributed by atoms with Gasteiger partial charge >= 0.3 is 0 Å². The molecule has 90 valence electrons. The van der Waals surface area contributed by atoms with Crippen LogP contribution in [-0.2, 0) is 0 Å². The van der Waals surface area contributed by atoms with Crippen molar-refractivity contribution in [1.29, 1.82) is 0 Å². The first-order valence-corrected chi connectivity index (χ1v) is 5.13. The smallest absolute Gasteiger partial charge is 0.118 e. The molecule has 4 N–H and O–H groups in total. The van der Waals surface area contributed by atoms with Crippen LogP contribution in [-0.4, -0.2) is 19.3 Å². The van der Waals surface area contributed by atoms with Crippen molar-refractivity contribution in [3.05, 3.63) is 29.8 Å². The molecule has 1 aliphatic heterocycles. The van der Waals surface area contributed by atoms with Gasteiger partial charge in [-0.05, 0) is 24.6 Å². The van der Waals surface area contributed by atoms with Gasteiger partial charge in [0.1, 0.15) is 5.75 Å². The van der Waals surface area contributed by atoms with E-state index in [9.17, 15) is 0 Å². The van der Waals surface area contributed by atoms with Gasteiger partial charge in [0.15, 0.2) is 0 Å². The summed E-state index contributed by atoms with van der Waals surface area (Å²) >= 11 is 0. The second kappa shape index (κ2) is 5.50. The summed E-state index contributed by atoms with van der Waals surface area (Å²) in [4.78, 5) is 0. The van der Waals surface area contributed by atoms with Gasteiger partial charge in [0.05, 0.1) is 13.3 Å². The summed E-state index contributed by atoms with van der Waals surface area (Å²) in [5.41, 5.74) is 13.4. The zero-order valence-electron chi connectivity index (χ0n) is 9.44. The molecule has 0 spiro atoms. The summed E-state index contributed by atoms with van der Waals surface area (Å²) in [6.45, 7) is 2.12. The van der Waals surface area contributed by atoms with Crippen LogP contribution in [0, 0.1) is 0 Å². The third-order valence-corrected chi connectivity index (χ3v) is 2.90. The third-order valence-electron chi connectivity index (χ3n) is 2.90. The number of hydrogen-bond donors (Lipinski definition) is 3. The van der Waals surface area contributed by atoms with Crippen molar-refractivity contribution in [3.8, 4) is 5.75 Å². The molecule has 4 nitrogen and oxygen atoms in total. The summed E-state index contributed by atoms with van der Waals surface area (Å²) < 4.78 is 5.12. The Bertz CT molecular complexity index is 321. The van der Waals surface area contributed by atoms with Gasteiger partial charge in [0.2, 0.25) is 0 Å². The highest BCUT2D eigenvalue weighted by Gasteiger charge is 2.31. The minimum Gasteiger partial charge on any atom is -0.497 e. The van der Waals surface area contributed by atoms with Crippen LogP contribution in [0.3, 0.4) is 0 Å². The molecule has 3 atom stereocenters. The first-order valence-electron chi connectivity index (χ1n) is 5.13. The molecule has 0 saturated carbocycles. The van der Waals surface area contributed by atoms with Crippen LogP contribution in [0.1, 0.15) is 18.4 Å². The monoisotopic (exact) mass is 243 g/mol. The zero-order chi connectivity index (χ0) is 10.8. The fraction of sp³-hybridized carbons (Fsp3) is 0.455. The van der Waals surface area contributed by atoms with Crippen molar-refractivity contribution in [1.82, 2.24) is 10.9 Å². The van der Waals surface area contributed by atoms with Gasteiger partial charge < -0.3 is 10.5 Å². The minimum atomic E-state index is -0.0339. The number of rotatable bonds is 2. The molecule has 0 aliphatic carbocycles. The molecule has 5 heteroatoms. The average Bonchev–Trinajstić information content (AvgIpc) is 2.59. The molecule has 1 aromatic rings. The summed E-state index contributed by atoms with van der Waals surface area (Å²) in [5, 5.41) is 0. The van der Waals surface area contributed by atoms with Crippen molar-refractivity contribution in [2.45, 2.75) is 25.0 Å². The minimum absolute atomic E-state index is 0. The SMILES string of the molecule is COc1ccc(C2C(C)NNC2N)cc1.Cl. The molecular formula is C11H18ClN3O. The fourth-order valence-corrected chi connectivity index (χ4v) is 2.04. The van der Waals surface area contributed by atoms with Gasteiger partial charge in [0.25, 0.3) is 0 Å². The van der Waals surface area contributed by atoms with Crippen molar-refractivity contribution in [2.24, 2.45) is 5.73 Å². The molecule has 1 aliphatic rings. The van der Waals surface area contributed by atoms with Gasteiger partial charge in [0, 0.05) is 12.0 Å². The van der Waals surface area contributed by atoms with Gasteiger partial charge in [-0.1, -0.05) is 12.1 Å². The van der Waals surface area contributed by atoms with E-state index in [1.54, 1.807) is 7.11 Å². The number of ether oxygens (including phenoxy) is 1. The van der Waals surface area contributed by atoms with Crippen LogP contribution < -0.4 is 21.3 Å². The molecule has 1 heterocycles. The maximum Gasteiger partial charge on any atom is 0.118 e. The van der Waals surface area contributed by atoms with E-state index < -0.39 is 0 Å². The first kappa shape index (κ1) is 13.3. The molecule has 1 aromatic carbocycles. The highest BCUT2D eigenvalue weighted by atomic mass is 35.5. The highest BCUT2D eigenvalue weighted by Crippen LogP contribution is 2.26. The van der Waals surface area contributed by atoms with E-state index in [1.165, 1.54) is 5.56 Å².